The van der Waals surface area contributed by atoms with Gasteiger partial charge >= 0.3 is 0 Å². The molecule has 0 aromatic rings. The number of hydrogen-bond acceptors (Lipinski definition) is 4. The molecule has 0 saturated carbocycles. The first-order chi connectivity index (χ1) is 4.74. The molecule has 60 valence electrons. The summed E-state index contributed by atoms with van der Waals surface area (Å²) in [6, 6.07) is 0. The van der Waals surface area contributed by atoms with Crippen molar-refractivity contribution in [3.05, 3.63) is 0 Å². The third-order valence-corrected chi connectivity index (χ3v) is 1.65. The van der Waals surface area contributed by atoms with Crippen LogP contribution in [0.3, 0.4) is 0 Å². The maximum atomic E-state index is 8.93. The lowest BCUT2D eigenvalue weighted by molar-refractivity contribution is -0.221. The van der Waals surface area contributed by atoms with E-state index in [1.807, 2.05) is 0 Å². The molecule has 4 heteroatoms. The zero-order chi connectivity index (χ0) is 7.56. The summed E-state index contributed by atoms with van der Waals surface area (Å²) in [6.07, 6.45) is -1.12. The summed E-state index contributed by atoms with van der Waals surface area (Å²) in [7, 11) is 0. The minimum Gasteiger partial charge on any atom is -0.394 e. The second-order valence-corrected chi connectivity index (χ2v) is 2.48. The molecule has 1 heterocycles. The smallest absolute Gasteiger partial charge is 0.181 e. The quantitative estimate of drug-likeness (QED) is 0.438. The van der Waals surface area contributed by atoms with Gasteiger partial charge in [0.2, 0.25) is 0 Å². The fraction of sp³-hybridized carbons (Fsp3) is 1.00. The fourth-order valence-electron chi connectivity index (χ4n) is 0.989. The third kappa shape index (κ3) is 1.67. The van der Waals surface area contributed by atoms with E-state index < -0.39 is 12.4 Å². The van der Waals surface area contributed by atoms with E-state index in [2.05, 4.69) is 0 Å². The van der Waals surface area contributed by atoms with Gasteiger partial charge in [0.25, 0.3) is 0 Å². The highest BCUT2D eigenvalue weighted by atomic mass is 16.6. The van der Waals surface area contributed by atoms with Gasteiger partial charge in [-0.2, -0.15) is 0 Å². The average molecular weight is 148 g/mol. The van der Waals surface area contributed by atoms with E-state index in [0.29, 0.717) is 12.8 Å². The van der Waals surface area contributed by atoms with Gasteiger partial charge in [-0.25, -0.2) is 0 Å². The Morgan fingerprint density at radius 1 is 1.30 bits per heavy atom. The molecule has 1 fully saturated rings. The molecule has 1 aliphatic rings. The van der Waals surface area contributed by atoms with Crippen molar-refractivity contribution < 1.29 is 20.1 Å². The maximum Gasteiger partial charge on any atom is 0.181 e. The highest BCUT2D eigenvalue weighted by Gasteiger charge is 2.27. The van der Waals surface area contributed by atoms with Crippen LogP contribution in [-0.2, 0) is 4.74 Å². The zero-order valence-electron chi connectivity index (χ0n) is 5.60. The fourth-order valence-corrected chi connectivity index (χ4v) is 0.989. The van der Waals surface area contributed by atoms with E-state index in [0.717, 1.165) is 0 Å². The third-order valence-electron chi connectivity index (χ3n) is 1.65. The first-order valence-electron chi connectivity index (χ1n) is 3.36. The van der Waals surface area contributed by atoms with Crippen LogP contribution in [-0.4, -0.2) is 40.4 Å². The minimum atomic E-state index is -1.12. The van der Waals surface area contributed by atoms with Crippen molar-refractivity contribution in [1.29, 1.82) is 0 Å². The van der Waals surface area contributed by atoms with Gasteiger partial charge in [-0.3, -0.25) is 0 Å². The largest absolute Gasteiger partial charge is 0.394 e. The van der Waals surface area contributed by atoms with Crippen LogP contribution < -0.4 is 0 Å². The van der Waals surface area contributed by atoms with Crippen LogP contribution in [0.5, 0.6) is 0 Å². The minimum absolute atomic E-state index is 0.0935. The molecule has 0 aliphatic carbocycles. The van der Waals surface area contributed by atoms with E-state index in [9.17, 15) is 0 Å². The highest BCUT2D eigenvalue weighted by molar-refractivity contribution is 4.70. The SMILES string of the molecule is OCC1CCC(O)[C@H](O)O1. The predicted molar refractivity (Wildman–Crippen MR) is 33.2 cm³/mol. The van der Waals surface area contributed by atoms with Crippen molar-refractivity contribution >= 4 is 0 Å². The van der Waals surface area contributed by atoms with Crippen LogP contribution in [0.25, 0.3) is 0 Å². The van der Waals surface area contributed by atoms with Gasteiger partial charge in [0.15, 0.2) is 6.29 Å². The summed E-state index contributed by atoms with van der Waals surface area (Å²) in [5.74, 6) is 0. The molecule has 3 atom stereocenters. The second-order valence-electron chi connectivity index (χ2n) is 2.48. The average Bonchev–Trinajstić information content (AvgIpc) is 1.95. The molecule has 0 amide bonds. The van der Waals surface area contributed by atoms with Crippen LogP contribution in [0.15, 0.2) is 0 Å². The Hall–Kier alpha value is -0.160. The molecule has 4 nitrogen and oxygen atoms in total. The van der Waals surface area contributed by atoms with Crippen LogP contribution in [0.1, 0.15) is 12.8 Å². The maximum absolute atomic E-state index is 8.93. The summed E-state index contributed by atoms with van der Waals surface area (Å²) in [5.41, 5.74) is 0. The van der Waals surface area contributed by atoms with Gasteiger partial charge in [-0.05, 0) is 12.8 Å². The van der Waals surface area contributed by atoms with Crippen molar-refractivity contribution in [2.75, 3.05) is 6.61 Å². The van der Waals surface area contributed by atoms with Gasteiger partial charge in [-0.1, -0.05) is 0 Å². The van der Waals surface area contributed by atoms with Crippen molar-refractivity contribution in [3.8, 4) is 0 Å². The summed E-state index contributed by atoms with van der Waals surface area (Å²) in [5, 5.41) is 26.4. The summed E-state index contributed by atoms with van der Waals surface area (Å²) in [6.45, 7) is -0.0935. The molecule has 0 aromatic heterocycles. The van der Waals surface area contributed by atoms with Gasteiger partial charge < -0.3 is 20.1 Å². The Balaban J connectivity index is 2.33. The lowest BCUT2D eigenvalue weighted by Gasteiger charge is -2.29. The molecule has 0 aromatic carbocycles. The van der Waals surface area contributed by atoms with E-state index >= 15 is 0 Å². The Bertz CT molecular complexity index is 106. The van der Waals surface area contributed by atoms with Crippen molar-refractivity contribution in [3.63, 3.8) is 0 Å². The Labute approximate surface area is 59.1 Å². The van der Waals surface area contributed by atoms with Crippen molar-refractivity contribution in [1.82, 2.24) is 0 Å². The molecule has 0 radical (unpaired) electrons. The molecular formula is C6H12O4. The molecule has 1 aliphatic heterocycles. The molecular weight excluding hydrogens is 136 g/mol. The highest BCUT2D eigenvalue weighted by Crippen LogP contribution is 2.17. The molecule has 0 bridgehead atoms. The van der Waals surface area contributed by atoms with E-state index in [4.69, 9.17) is 20.1 Å². The molecule has 10 heavy (non-hydrogen) atoms. The zero-order valence-corrected chi connectivity index (χ0v) is 5.60. The van der Waals surface area contributed by atoms with Crippen LogP contribution in [0.4, 0.5) is 0 Å². The number of ether oxygens (including phenoxy) is 1. The molecule has 1 saturated heterocycles. The number of aliphatic hydroxyl groups is 3. The summed E-state index contributed by atoms with van der Waals surface area (Å²) >= 11 is 0. The monoisotopic (exact) mass is 148 g/mol. The Morgan fingerprint density at radius 3 is 2.50 bits per heavy atom. The van der Waals surface area contributed by atoms with Gasteiger partial charge in [0, 0.05) is 0 Å². The topological polar surface area (TPSA) is 69.9 Å². The van der Waals surface area contributed by atoms with Gasteiger partial charge in [-0.15, -0.1) is 0 Å². The Kier molecular flexibility index (Phi) is 2.62. The number of hydrogen-bond donors (Lipinski definition) is 3. The van der Waals surface area contributed by atoms with Crippen LogP contribution >= 0.6 is 0 Å². The second kappa shape index (κ2) is 3.30. The van der Waals surface area contributed by atoms with E-state index in [1.165, 1.54) is 0 Å². The van der Waals surface area contributed by atoms with Crippen molar-refractivity contribution in [2.24, 2.45) is 0 Å². The standard InChI is InChI=1S/C6H12O4/c7-3-4-1-2-5(8)6(9)10-4/h4-9H,1-3H2/t4?,5?,6-/m1/s1. The van der Waals surface area contributed by atoms with Crippen LogP contribution in [0.2, 0.25) is 0 Å². The molecule has 2 unspecified atom stereocenters. The van der Waals surface area contributed by atoms with E-state index in [1.54, 1.807) is 0 Å². The lowest BCUT2D eigenvalue weighted by Crippen LogP contribution is -2.39. The predicted octanol–water partition coefficient (Wildman–Crippen LogP) is -1.16. The Morgan fingerprint density at radius 2 is 2.00 bits per heavy atom. The van der Waals surface area contributed by atoms with Crippen molar-refractivity contribution in [2.45, 2.75) is 31.3 Å². The molecule has 3 N–H and O–H groups in total. The van der Waals surface area contributed by atoms with E-state index in [-0.39, 0.29) is 12.7 Å². The number of rotatable bonds is 1. The number of aliphatic hydroxyl groups excluding tert-OH is 3. The van der Waals surface area contributed by atoms with Gasteiger partial charge in [0.05, 0.1) is 12.7 Å². The lowest BCUT2D eigenvalue weighted by atomic mass is 10.1. The summed E-state index contributed by atoms with van der Waals surface area (Å²) < 4.78 is 4.80. The normalized spacial score (nSPS) is 41.7. The molecule has 1 rings (SSSR count). The first-order valence-corrected chi connectivity index (χ1v) is 3.36. The van der Waals surface area contributed by atoms with Crippen LogP contribution in [0, 0.1) is 0 Å². The summed E-state index contributed by atoms with van der Waals surface area (Å²) in [4.78, 5) is 0. The molecule has 0 spiro atoms. The van der Waals surface area contributed by atoms with Gasteiger partial charge in [0.1, 0.15) is 6.10 Å². The first kappa shape index (κ1) is 7.94.